The van der Waals surface area contributed by atoms with E-state index in [0.29, 0.717) is 6.42 Å². The fourth-order valence-electron chi connectivity index (χ4n) is 1.86. The van der Waals surface area contributed by atoms with Gasteiger partial charge in [0.15, 0.2) is 5.78 Å². The highest BCUT2D eigenvalue weighted by Crippen LogP contribution is 2.23. The molecule has 0 fully saturated rings. The van der Waals surface area contributed by atoms with Gasteiger partial charge in [-0.05, 0) is 29.9 Å². The van der Waals surface area contributed by atoms with Crippen LogP contribution in [0.2, 0.25) is 0 Å². The number of benzene rings is 1. The molecule has 1 aromatic carbocycles. The van der Waals surface area contributed by atoms with Crippen LogP contribution in [0, 0.1) is 0 Å². The van der Waals surface area contributed by atoms with Crippen LogP contribution in [0.3, 0.4) is 0 Å². The van der Waals surface area contributed by atoms with E-state index in [2.05, 4.69) is 42.8 Å². The first kappa shape index (κ1) is 15.4. The Morgan fingerprint density at radius 3 is 2.50 bits per heavy atom. The van der Waals surface area contributed by atoms with Gasteiger partial charge in [-0.15, -0.1) is 0 Å². The Kier molecular flexibility index (Phi) is 6.07. The van der Waals surface area contributed by atoms with E-state index in [4.69, 9.17) is 0 Å². The van der Waals surface area contributed by atoms with Crippen LogP contribution in [0.5, 0.6) is 0 Å². The van der Waals surface area contributed by atoms with Gasteiger partial charge in [-0.25, -0.2) is 0 Å². The van der Waals surface area contributed by atoms with Crippen molar-refractivity contribution in [2.75, 3.05) is 5.33 Å². The van der Waals surface area contributed by atoms with Gasteiger partial charge >= 0.3 is 0 Å². The highest BCUT2D eigenvalue weighted by Gasteiger charge is 2.15. The topological polar surface area (TPSA) is 17.1 Å². The number of hydrogen-bond acceptors (Lipinski definition) is 1. The van der Waals surface area contributed by atoms with Gasteiger partial charge in [0.2, 0.25) is 0 Å². The number of halogens is 1. The number of Topliss-reactive ketones (excluding diaryl/α,β-unsaturated/α-hetero) is 1. The third-order valence-corrected chi connectivity index (χ3v) is 3.65. The molecule has 0 atom stereocenters. The normalized spacial score (nSPS) is 11.6. The van der Waals surface area contributed by atoms with Crippen molar-refractivity contribution in [1.29, 1.82) is 0 Å². The molecule has 0 aliphatic carbocycles. The lowest BCUT2D eigenvalue weighted by Crippen LogP contribution is -2.12. The first-order valence-electron chi connectivity index (χ1n) is 6.65. The van der Waals surface area contributed by atoms with E-state index in [1.807, 2.05) is 18.2 Å². The van der Waals surface area contributed by atoms with Crippen LogP contribution < -0.4 is 0 Å². The second-order valence-electron chi connectivity index (χ2n) is 5.75. The zero-order valence-electron chi connectivity index (χ0n) is 11.6. The Balaban J connectivity index is 2.63. The zero-order chi connectivity index (χ0) is 13.6. The monoisotopic (exact) mass is 310 g/mol. The molecule has 100 valence electrons. The molecule has 18 heavy (non-hydrogen) atoms. The molecule has 0 N–H and O–H groups in total. The standard InChI is InChI=1S/C16H23BrO/c1-16(2,3)14-9-7-8-13(12-14)15(18)10-5-4-6-11-17/h7-9,12H,4-6,10-11H2,1-3H3. The summed E-state index contributed by atoms with van der Waals surface area (Å²) in [5.74, 6) is 0.274. The molecule has 0 spiro atoms. The van der Waals surface area contributed by atoms with E-state index in [0.717, 1.165) is 30.2 Å². The van der Waals surface area contributed by atoms with E-state index in [-0.39, 0.29) is 11.2 Å². The van der Waals surface area contributed by atoms with Gasteiger partial charge in [0.1, 0.15) is 0 Å². The minimum absolute atomic E-state index is 0.103. The summed E-state index contributed by atoms with van der Waals surface area (Å²) in [6, 6.07) is 8.07. The summed E-state index contributed by atoms with van der Waals surface area (Å²) in [7, 11) is 0. The van der Waals surface area contributed by atoms with Crippen LogP contribution in [0.25, 0.3) is 0 Å². The van der Waals surface area contributed by atoms with Crippen molar-refractivity contribution in [2.45, 2.75) is 51.9 Å². The fourth-order valence-corrected chi connectivity index (χ4v) is 2.26. The third-order valence-electron chi connectivity index (χ3n) is 3.09. The SMILES string of the molecule is CC(C)(C)c1cccc(C(=O)CCCCCBr)c1. The maximum absolute atomic E-state index is 12.1. The Morgan fingerprint density at radius 1 is 1.17 bits per heavy atom. The van der Waals surface area contributed by atoms with E-state index >= 15 is 0 Å². The van der Waals surface area contributed by atoms with Gasteiger partial charge in [0, 0.05) is 17.3 Å². The first-order valence-corrected chi connectivity index (χ1v) is 7.77. The van der Waals surface area contributed by atoms with Crippen molar-refractivity contribution in [3.05, 3.63) is 35.4 Å². The van der Waals surface area contributed by atoms with E-state index in [1.54, 1.807) is 0 Å². The summed E-state index contributed by atoms with van der Waals surface area (Å²) in [6.07, 6.45) is 3.93. The van der Waals surface area contributed by atoms with Crippen LogP contribution in [0.15, 0.2) is 24.3 Å². The summed E-state index contributed by atoms with van der Waals surface area (Å²) in [5.41, 5.74) is 2.20. The molecule has 0 bridgehead atoms. The summed E-state index contributed by atoms with van der Waals surface area (Å²) >= 11 is 3.41. The smallest absolute Gasteiger partial charge is 0.162 e. The number of alkyl halides is 1. The van der Waals surface area contributed by atoms with E-state index < -0.39 is 0 Å². The van der Waals surface area contributed by atoms with Gasteiger partial charge < -0.3 is 0 Å². The second-order valence-corrected chi connectivity index (χ2v) is 6.55. The van der Waals surface area contributed by atoms with Crippen LogP contribution >= 0.6 is 15.9 Å². The molecule has 1 nitrogen and oxygen atoms in total. The molecule has 0 saturated heterocycles. The second kappa shape index (κ2) is 7.08. The summed E-state index contributed by atoms with van der Waals surface area (Å²) in [6.45, 7) is 6.52. The average molecular weight is 311 g/mol. The van der Waals surface area contributed by atoms with Crippen molar-refractivity contribution >= 4 is 21.7 Å². The van der Waals surface area contributed by atoms with Gasteiger partial charge in [-0.2, -0.15) is 0 Å². The van der Waals surface area contributed by atoms with Crippen LogP contribution in [-0.2, 0) is 5.41 Å². The minimum Gasteiger partial charge on any atom is -0.294 e. The van der Waals surface area contributed by atoms with Crippen LogP contribution in [0.4, 0.5) is 0 Å². The highest BCUT2D eigenvalue weighted by molar-refractivity contribution is 9.09. The molecule has 0 aliphatic rings. The Morgan fingerprint density at radius 2 is 1.89 bits per heavy atom. The molecular weight excluding hydrogens is 288 g/mol. The quantitative estimate of drug-likeness (QED) is 0.405. The molecule has 0 unspecified atom stereocenters. The maximum Gasteiger partial charge on any atom is 0.162 e. The number of carbonyl (C=O) groups excluding carboxylic acids is 1. The van der Waals surface area contributed by atoms with Crippen molar-refractivity contribution < 1.29 is 4.79 Å². The van der Waals surface area contributed by atoms with Crippen molar-refractivity contribution in [2.24, 2.45) is 0 Å². The van der Waals surface area contributed by atoms with Gasteiger partial charge in [-0.3, -0.25) is 4.79 Å². The maximum atomic E-state index is 12.1. The molecule has 1 aromatic rings. The lowest BCUT2D eigenvalue weighted by Gasteiger charge is -2.19. The predicted octanol–water partition coefficient (Wildman–Crippen LogP) is 5.12. The Labute approximate surface area is 119 Å². The molecule has 0 saturated carbocycles. The van der Waals surface area contributed by atoms with Crippen LogP contribution in [-0.4, -0.2) is 11.1 Å². The van der Waals surface area contributed by atoms with Gasteiger partial charge in [-0.1, -0.05) is 61.3 Å². The summed E-state index contributed by atoms with van der Waals surface area (Å²) in [5, 5.41) is 1.03. The third kappa shape index (κ3) is 4.93. The number of rotatable bonds is 6. The number of unbranched alkanes of at least 4 members (excludes halogenated alkanes) is 2. The highest BCUT2D eigenvalue weighted by atomic mass is 79.9. The van der Waals surface area contributed by atoms with E-state index in [1.165, 1.54) is 5.56 Å². The Hall–Kier alpha value is -0.630. The lowest BCUT2D eigenvalue weighted by molar-refractivity contribution is 0.0979. The average Bonchev–Trinajstić information content (AvgIpc) is 2.33. The molecule has 0 amide bonds. The summed E-state index contributed by atoms with van der Waals surface area (Å²) < 4.78 is 0. The minimum atomic E-state index is 0.103. The summed E-state index contributed by atoms with van der Waals surface area (Å²) in [4.78, 5) is 12.1. The molecule has 2 heteroatoms. The number of carbonyl (C=O) groups is 1. The molecule has 0 aliphatic heterocycles. The van der Waals surface area contributed by atoms with Gasteiger partial charge in [0.25, 0.3) is 0 Å². The number of hydrogen-bond donors (Lipinski definition) is 0. The molecule has 0 radical (unpaired) electrons. The fraction of sp³-hybridized carbons (Fsp3) is 0.562. The molecule has 0 aromatic heterocycles. The number of ketones is 1. The molecule has 1 rings (SSSR count). The lowest BCUT2D eigenvalue weighted by atomic mass is 9.85. The predicted molar refractivity (Wildman–Crippen MR) is 81.7 cm³/mol. The van der Waals surface area contributed by atoms with Crippen molar-refractivity contribution in [3.63, 3.8) is 0 Å². The van der Waals surface area contributed by atoms with Crippen molar-refractivity contribution in [1.82, 2.24) is 0 Å². The Bertz CT molecular complexity index is 390. The van der Waals surface area contributed by atoms with Gasteiger partial charge in [0.05, 0.1) is 0 Å². The van der Waals surface area contributed by atoms with Crippen molar-refractivity contribution in [3.8, 4) is 0 Å². The zero-order valence-corrected chi connectivity index (χ0v) is 13.2. The largest absolute Gasteiger partial charge is 0.294 e. The first-order chi connectivity index (χ1) is 8.45. The molecular formula is C16H23BrO. The van der Waals surface area contributed by atoms with Crippen LogP contribution in [0.1, 0.15) is 62.4 Å². The van der Waals surface area contributed by atoms with E-state index in [9.17, 15) is 4.79 Å². The molecule has 0 heterocycles.